The average Bonchev–Trinajstić information content (AvgIpc) is 3.24. The van der Waals surface area contributed by atoms with Gasteiger partial charge in [-0.05, 0) is 25.3 Å². The zero-order valence-corrected chi connectivity index (χ0v) is 16.3. The highest BCUT2D eigenvalue weighted by Gasteiger charge is 2.21. The summed E-state index contributed by atoms with van der Waals surface area (Å²) in [4.78, 5) is 21.0. The Kier molecular flexibility index (Phi) is 5.38. The monoisotopic (exact) mass is 368 g/mol. The number of aromatic nitrogens is 3. The van der Waals surface area contributed by atoms with Crippen LogP contribution in [0.5, 0.6) is 5.88 Å². The van der Waals surface area contributed by atoms with Crippen molar-refractivity contribution in [2.24, 2.45) is 0 Å². The van der Waals surface area contributed by atoms with Crippen LogP contribution >= 0.6 is 0 Å². The first-order chi connectivity index (χ1) is 13.2. The van der Waals surface area contributed by atoms with E-state index in [2.05, 4.69) is 43.7 Å². The molecule has 0 N–H and O–H groups in total. The van der Waals surface area contributed by atoms with Gasteiger partial charge in [-0.3, -0.25) is 4.90 Å². The molecule has 0 aromatic carbocycles. The molecule has 0 saturated carbocycles. The number of hydrogen-bond acceptors (Lipinski definition) is 7. The first-order valence-electron chi connectivity index (χ1n) is 9.78. The smallest absolute Gasteiger partial charge is 0.227 e. The van der Waals surface area contributed by atoms with Crippen molar-refractivity contribution in [2.75, 3.05) is 56.2 Å². The lowest BCUT2D eigenvalue weighted by atomic mass is 10.2. The van der Waals surface area contributed by atoms with Gasteiger partial charge < -0.3 is 14.5 Å². The van der Waals surface area contributed by atoms with Gasteiger partial charge in [0.05, 0.1) is 7.11 Å². The molecule has 0 atom stereocenters. The summed E-state index contributed by atoms with van der Waals surface area (Å²) in [7, 11) is 1.64. The zero-order valence-electron chi connectivity index (χ0n) is 16.3. The van der Waals surface area contributed by atoms with Gasteiger partial charge in [-0.1, -0.05) is 6.07 Å². The molecule has 0 radical (unpaired) electrons. The highest BCUT2D eigenvalue weighted by molar-refractivity contribution is 5.46. The molecule has 7 heteroatoms. The summed E-state index contributed by atoms with van der Waals surface area (Å²) in [5.74, 6) is 2.63. The van der Waals surface area contributed by atoms with Gasteiger partial charge in [0, 0.05) is 69.8 Å². The van der Waals surface area contributed by atoms with Gasteiger partial charge in [-0.15, -0.1) is 0 Å². The molecule has 2 aromatic heterocycles. The number of ether oxygens (including phenoxy) is 1. The van der Waals surface area contributed by atoms with Crippen molar-refractivity contribution in [3.63, 3.8) is 0 Å². The Balaban J connectivity index is 1.37. The van der Waals surface area contributed by atoms with Crippen molar-refractivity contribution in [2.45, 2.75) is 26.3 Å². The molecule has 144 valence electrons. The van der Waals surface area contributed by atoms with E-state index in [1.807, 2.05) is 12.3 Å². The third kappa shape index (κ3) is 4.30. The fraction of sp³-hybridized carbons (Fsp3) is 0.550. The summed E-state index contributed by atoms with van der Waals surface area (Å²) >= 11 is 0. The van der Waals surface area contributed by atoms with Gasteiger partial charge in [0.2, 0.25) is 11.8 Å². The van der Waals surface area contributed by atoms with Gasteiger partial charge in [0.1, 0.15) is 5.82 Å². The van der Waals surface area contributed by atoms with Crippen LogP contribution in [0.2, 0.25) is 0 Å². The fourth-order valence-electron chi connectivity index (χ4n) is 3.78. The normalized spacial score (nSPS) is 18.1. The van der Waals surface area contributed by atoms with Gasteiger partial charge in [-0.25, -0.2) is 9.97 Å². The molecule has 7 nitrogen and oxygen atoms in total. The Morgan fingerprint density at radius 2 is 1.74 bits per heavy atom. The molecule has 0 unspecified atom stereocenters. The van der Waals surface area contributed by atoms with Crippen LogP contribution in [0.1, 0.15) is 24.1 Å². The quantitative estimate of drug-likeness (QED) is 0.801. The Hall–Kier alpha value is -2.41. The summed E-state index contributed by atoms with van der Waals surface area (Å²) in [6.07, 6.45) is 4.39. The Morgan fingerprint density at radius 1 is 0.963 bits per heavy atom. The van der Waals surface area contributed by atoms with Crippen LogP contribution in [0.3, 0.4) is 0 Å². The molecular weight excluding hydrogens is 340 g/mol. The minimum Gasteiger partial charge on any atom is -0.481 e. The first-order valence-corrected chi connectivity index (χ1v) is 9.78. The van der Waals surface area contributed by atoms with E-state index in [0.29, 0.717) is 5.88 Å². The molecule has 27 heavy (non-hydrogen) atoms. The number of piperazine rings is 1. The number of nitrogens with zero attached hydrogens (tertiary/aromatic N) is 6. The van der Waals surface area contributed by atoms with Crippen LogP contribution in [0.4, 0.5) is 11.8 Å². The van der Waals surface area contributed by atoms with Crippen molar-refractivity contribution in [3.05, 3.63) is 35.7 Å². The molecule has 2 aliphatic rings. The lowest BCUT2D eigenvalue weighted by Crippen LogP contribution is -2.46. The molecule has 2 fully saturated rings. The highest BCUT2D eigenvalue weighted by atomic mass is 16.5. The highest BCUT2D eigenvalue weighted by Crippen LogP contribution is 2.22. The maximum absolute atomic E-state index is 5.13. The maximum Gasteiger partial charge on any atom is 0.227 e. The standard InChI is InChI=1S/C20H28N6O/c1-16-13-18(23-20(22-16)26-7-3-4-8-26)25-11-9-24(10-12-25)15-17-5-6-19(27-2)21-14-17/h5-6,13-14H,3-4,7-12,15H2,1-2H3. The number of rotatable bonds is 5. The third-order valence-corrected chi connectivity index (χ3v) is 5.33. The van der Waals surface area contributed by atoms with Crippen LogP contribution in [0, 0.1) is 6.92 Å². The van der Waals surface area contributed by atoms with E-state index >= 15 is 0 Å². The lowest BCUT2D eigenvalue weighted by Gasteiger charge is -2.35. The third-order valence-electron chi connectivity index (χ3n) is 5.33. The van der Waals surface area contributed by atoms with E-state index in [-0.39, 0.29) is 0 Å². The number of aryl methyl sites for hydroxylation is 1. The van der Waals surface area contributed by atoms with E-state index in [1.54, 1.807) is 7.11 Å². The number of hydrogen-bond donors (Lipinski definition) is 0. The molecule has 4 rings (SSSR count). The topological polar surface area (TPSA) is 57.6 Å². The second-order valence-electron chi connectivity index (χ2n) is 7.33. The van der Waals surface area contributed by atoms with Crippen LogP contribution in [0.25, 0.3) is 0 Å². The van der Waals surface area contributed by atoms with Gasteiger partial charge in [0.15, 0.2) is 0 Å². The summed E-state index contributed by atoms with van der Waals surface area (Å²) in [6.45, 7) is 9.16. The number of pyridine rings is 1. The largest absolute Gasteiger partial charge is 0.481 e. The van der Waals surface area contributed by atoms with Crippen molar-refractivity contribution in [1.82, 2.24) is 19.9 Å². The van der Waals surface area contributed by atoms with E-state index in [9.17, 15) is 0 Å². The molecule has 0 bridgehead atoms. The summed E-state index contributed by atoms with van der Waals surface area (Å²) in [6, 6.07) is 6.13. The van der Waals surface area contributed by atoms with Crippen LogP contribution in [-0.4, -0.2) is 66.2 Å². The molecule has 2 aromatic rings. The van der Waals surface area contributed by atoms with E-state index in [0.717, 1.165) is 63.3 Å². The van der Waals surface area contributed by atoms with Gasteiger partial charge in [0.25, 0.3) is 0 Å². The van der Waals surface area contributed by atoms with E-state index in [1.165, 1.54) is 18.4 Å². The van der Waals surface area contributed by atoms with Crippen molar-refractivity contribution in [3.8, 4) is 5.88 Å². The molecule has 0 aliphatic carbocycles. The Labute approximate surface area is 161 Å². The fourth-order valence-corrected chi connectivity index (χ4v) is 3.78. The van der Waals surface area contributed by atoms with Gasteiger partial charge in [-0.2, -0.15) is 4.98 Å². The minimum absolute atomic E-state index is 0.663. The van der Waals surface area contributed by atoms with E-state index in [4.69, 9.17) is 9.72 Å². The predicted molar refractivity (Wildman–Crippen MR) is 106 cm³/mol. The van der Waals surface area contributed by atoms with E-state index < -0.39 is 0 Å². The molecule has 4 heterocycles. The first kappa shape index (κ1) is 18.0. The van der Waals surface area contributed by atoms with Gasteiger partial charge >= 0.3 is 0 Å². The maximum atomic E-state index is 5.13. The summed E-state index contributed by atoms with van der Waals surface area (Å²) in [5.41, 5.74) is 2.27. The minimum atomic E-state index is 0.663. The summed E-state index contributed by atoms with van der Waals surface area (Å²) in [5, 5.41) is 0. The van der Waals surface area contributed by atoms with Crippen LogP contribution in [0.15, 0.2) is 24.4 Å². The molecular formula is C20H28N6O. The van der Waals surface area contributed by atoms with Crippen molar-refractivity contribution >= 4 is 11.8 Å². The SMILES string of the molecule is COc1ccc(CN2CCN(c3cc(C)nc(N4CCCC4)n3)CC2)cn1. The van der Waals surface area contributed by atoms with Crippen LogP contribution in [-0.2, 0) is 6.54 Å². The number of anilines is 2. The molecule has 0 spiro atoms. The molecule has 0 amide bonds. The summed E-state index contributed by atoms with van der Waals surface area (Å²) < 4.78 is 5.13. The second kappa shape index (κ2) is 8.08. The van der Waals surface area contributed by atoms with Crippen LogP contribution < -0.4 is 14.5 Å². The molecule has 2 aliphatic heterocycles. The predicted octanol–water partition coefficient (Wildman–Crippen LogP) is 2.11. The molecule has 2 saturated heterocycles. The Morgan fingerprint density at radius 3 is 2.41 bits per heavy atom. The van der Waals surface area contributed by atoms with Crippen molar-refractivity contribution < 1.29 is 4.74 Å². The lowest BCUT2D eigenvalue weighted by molar-refractivity contribution is 0.249. The zero-order chi connectivity index (χ0) is 18.6. The average molecular weight is 368 g/mol. The number of methoxy groups -OCH3 is 1. The van der Waals surface area contributed by atoms with Crippen molar-refractivity contribution in [1.29, 1.82) is 0 Å². The Bertz CT molecular complexity index is 752. The second-order valence-corrected chi connectivity index (χ2v) is 7.33.